The second kappa shape index (κ2) is 4.80. The lowest BCUT2D eigenvalue weighted by atomic mass is 10.1. The van der Waals surface area contributed by atoms with E-state index in [4.69, 9.17) is 0 Å². The standard InChI is InChI=1S/C13H14FN3O3S/c1-7-10(2-3-21(7,19)20)17-13(18)9-4-8(14)5-11-12(9)16-6-15-11/h4-7,10H,2-3H2,1H3,(H,15,16)(H,17,18)/t7-,10-/m0/s1. The number of carbonyl (C=O) groups excluding carboxylic acids is 1. The summed E-state index contributed by atoms with van der Waals surface area (Å²) in [6.45, 7) is 1.57. The van der Waals surface area contributed by atoms with E-state index in [2.05, 4.69) is 15.3 Å². The summed E-state index contributed by atoms with van der Waals surface area (Å²) in [6, 6.07) is 1.90. The third-order valence-electron chi connectivity index (χ3n) is 3.90. The van der Waals surface area contributed by atoms with E-state index in [0.717, 1.165) is 6.07 Å². The summed E-state index contributed by atoms with van der Waals surface area (Å²) in [5, 5.41) is 2.04. The second-order valence-electron chi connectivity index (χ2n) is 5.19. The van der Waals surface area contributed by atoms with Crippen molar-refractivity contribution in [3.8, 4) is 0 Å². The molecular formula is C13H14FN3O3S. The SMILES string of the molecule is C[C@H]1[C@@H](NC(=O)c2cc(F)cc3[nH]cnc23)CCS1(=O)=O. The largest absolute Gasteiger partial charge is 0.348 e. The number of benzene rings is 1. The van der Waals surface area contributed by atoms with Crippen LogP contribution in [-0.2, 0) is 9.84 Å². The number of sulfone groups is 1. The van der Waals surface area contributed by atoms with Crippen molar-refractivity contribution in [2.45, 2.75) is 24.6 Å². The van der Waals surface area contributed by atoms with E-state index < -0.39 is 32.9 Å². The first kappa shape index (κ1) is 14.0. The molecule has 0 radical (unpaired) electrons. The average Bonchev–Trinajstić information content (AvgIpc) is 2.97. The second-order valence-corrected chi connectivity index (χ2v) is 7.67. The highest BCUT2D eigenvalue weighted by Gasteiger charge is 2.37. The monoisotopic (exact) mass is 311 g/mol. The van der Waals surface area contributed by atoms with Gasteiger partial charge in [0.15, 0.2) is 9.84 Å². The van der Waals surface area contributed by atoms with Crippen molar-refractivity contribution in [1.29, 1.82) is 0 Å². The fourth-order valence-electron chi connectivity index (χ4n) is 2.59. The number of H-pyrrole nitrogens is 1. The lowest BCUT2D eigenvalue weighted by molar-refractivity contribution is 0.0938. The zero-order chi connectivity index (χ0) is 15.2. The molecule has 0 bridgehead atoms. The zero-order valence-electron chi connectivity index (χ0n) is 11.3. The number of rotatable bonds is 2. The highest BCUT2D eigenvalue weighted by molar-refractivity contribution is 7.92. The van der Waals surface area contributed by atoms with Gasteiger partial charge in [0, 0.05) is 6.04 Å². The van der Waals surface area contributed by atoms with E-state index in [0.29, 0.717) is 17.5 Å². The summed E-state index contributed by atoms with van der Waals surface area (Å²) in [6.07, 6.45) is 1.75. The van der Waals surface area contributed by atoms with Gasteiger partial charge in [0.25, 0.3) is 5.91 Å². The average molecular weight is 311 g/mol. The predicted octanol–water partition coefficient (Wildman–Crippen LogP) is 1.01. The van der Waals surface area contributed by atoms with Crippen LogP contribution in [0.2, 0.25) is 0 Å². The van der Waals surface area contributed by atoms with Crippen molar-refractivity contribution in [1.82, 2.24) is 15.3 Å². The summed E-state index contributed by atoms with van der Waals surface area (Å²) in [4.78, 5) is 19.0. The molecule has 2 atom stereocenters. The molecule has 6 nitrogen and oxygen atoms in total. The number of fused-ring (bicyclic) bond motifs is 1. The molecule has 2 aromatic rings. The van der Waals surface area contributed by atoms with Gasteiger partial charge < -0.3 is 10.3 Å². The Bertz CT molecular complexity index is 815. The number of hydrogen-bond acceptors (Lipinski definition) is 4. The molecule has 0 unspecified atom stereocenters. The molecule has 8 heteroatoms. The van der Waals surface area contributed by atoms with Gasteiger partial charge in [-0.15, -0.1) is 0 Å². The van der Waals surface area contributed by atoms with Gasteiger partial charge >= 0.3 is 0 Å². The van der Waals surface area contributed by atoms with Crippen LogP contribution in [0, 0.1) is 5.82 Å². The molecule has 1 saturated heterocycles. The Labute approximate surface area is 120 Å². The third-order valence-corrected chi connectivity index (χ3v) is 6.16. The van der Waals surface area contributed by atoms with E-state index in [1.165, 1.54) is 12.4 Å². The van der Waals surface area contributed by atoms with Gasteiger partial charge in [-0.25, -0.2) is 17.8 Å². The Morgan fingerprint density at radius 2 is 2.24 bits per heavy atom. The van der Waals surface area contributed by atoms with E-state index >= 15 is 0 Å². The van der Waals surface area contributed by atoms with E-state index in [9.17, 15) is 17.6 Å². The van der Waals surface area contributed by atoms with Gasteiger partial charge in [0.2, 0.25) is 0 Å². The summed E-state index contributed by atoms with van der Waals surface area (Å²) in [7, 11) is -3.15. The van der Waals surface area contributed by atoms with Crippen LogP contribution in [0.4, 0.5) is 4.39 Å². The summed E-state index contributed by atoms with van der Waals surface area (Å²) < 4.78 is 36.9. The van der Waals surface area contributed by atoms with E-state index in [-0.39, 0.29) is 11.3 Å². The molecule has 2 heterocycles. The van der Waals surface area contributed by atoms with Crippen LogP contribution in [0.25, 0.3) is 11.0 Å². The Hall–Kier alpha value is -1.96. The lowest BCUT2D eigenvalue weighted by Crippen LogP contribution is -2.40. The van der Waals surface area contributed by atoms with Gasteiger partial charge in [-0.2, -0.15) is 0 Å². The van der Waals surface area contributed by atoms with Crippen LogP contribution in [-0.4, -0.2) is 41.3 Å². The number of nitrogens with one attached hydrogen (secondary N) is 2. The lowest BCUT2D eigenvalue weighted by Gasteiger charge is -2.16. The molecule has 1 aliphatic heterocycles. The molecular weight excluding hydrogens is 297 g/mol. The van der Waals surface area contributed by atoms with Crippen LogP contribution in [0.15, 0.2) is 18.5 Å². The van der Waals surface area contributed by atoms with Crippen LogP contribution < -0.4 is 5.32 Å². The topological polar surface area (TPSA) is 91.9 Å². The van der Waals surface area contributed by atoms with Gasteiger partial charge in [0.1, 0.15) is 11.3 Å². The molecule has 1 aliphatic rings. The van der Waals surface area contributed by atoms with Gasteiger partial charge in [-0.05, 0) is 25.5 Å². The van der Waals surface area contributed by atoms with Crippen molar-refractivity contribution in [2.24, 2.45) is 0 Å². The quantitative estimate of drug-likeness (QED) is 0.865. The van der Waals surface area contributed by atoms with Crippen molar-refractivity contribution in [3.05, 3.63) is 29.8 Å². The normalized spacial score (nSPS) is 24.3. The van der Waals surface area contributed by atoms with Crippen LogP contribution in [0.3, 0.4) is 0 Å². The number of imidazole rings is 1. The Kier molecular flexibility index (Phi) is 3.20. The molecule has 1 aromatic carbocycles. The molecule has 2 N–H and O–H groups in total. The first-order valence-corrected chi connectivity index (χ1v) is 8.25. The van der Waals surface area contributed by atoms with Gasteiger partial charge in [0.05, 0.1) is 28.4 Å². The highest BCUT2D eigenvalue weighted by atomic mass is 32.2. The maximum Gasteiger partial charge on any atom is 0.253 e. The van der Waals surface area contributed by atoms with E-state index in [1.807, 2.05) is 0 Å². The number of carbonyl (C=O) groups is 1. The smallest absolute Gasteiger partial charge is 0.253 e. The summed E-state index contributed by atoms with van der Waals surface area (Å²) >= 11 is 0. The molecule has 112 valence electrons. The highest BCUT2D eigenvalue weighted by Crippen LogP contribution is 2.22. The minimum atomic E-state index is -3.15. The Balaban J connectivity index is 1.90. The molecule has 21 heavy (non-hydrogen) atoms. The predicted molar refractivity (Wildman–Crippen MR) is 75.2 cm³/mol. The van der Waals surface area contributed by atoms with Crippen molar-refractivity contribution in [3.63, 3.8) is 0 Å². The number of amides is 1. The Morgan fingerprint density at radius 3 is 2.90 bits per heavy atom. The minimum absolute atomic E-state index is 0.0556. The minimum Gasteiger partial charge on any atom is -0.348 e. The molecule has 1 aromatic heterocycles. The van der Waals surface area contributed by atoms with Crippen LogP contribution in [0.5, 0.6) is 0 Å². The summed E-state index contributed by atoms with van der Waals surface area (Å²) in [5.41, 5.74) is 0.886. The molecule has 0 spiro atoms. The summed E-state index contributed by atoms with van der Waals surface area (Å²) in [5.74, 6) is -1.01. The first-order valence-electron chi connectivity index (χ1n) is 6.53. The van der Waals surface area contributed by atoms with Crippen LogP contribution in [0.1, 0.15) is 23.7 Å². The number of nitrogens with zero attached hydrogens (tertiary/aromatic N) is 1. The van der Waals surface area contributed by atoms with Crippen molar-refractivity contribution < 1.29 is 17.6 Å². The fourth-order valence-corrected chi connectivity index (χ4v) is 4.24. The Morgan fingerprint density at radius 1 is 1.48 bits per heavy atom. The molecule has 3 rings (SSSR count). The van der Waals surface area contributed by atoms with Crippen molar-refractivity contribution >= 4 is 26.8 Å². The van der Waals surface area contributed by atoms with E-state index in [1.54, 1.807) is 6.92 Å². The zero-order valence-corrected chi connectivity index (χ0v) is 12.1. The molecule has 0 saturated carbocycles. The maximum absolute atomic E-state index is 13.5. The first-order chi connectivity index (χ1) is 9.88. The molecule has 1 fully saturated rings. The number of hydrogen-bond donors (Lipinski definition) is 2. The number of aromatic amines is 1. The fraction of sp³-hybridized carbons (Fsp3) is 0.385. The molecule has 0 aliphatic carbocycles. The van der Waals surface area contributed by atoms with Crippen LogP contribution >= 0.6 is 0 Å². The molecule has 1 amide bonds. The van der Waals surface area contributed by atoms with Crippen molar-refractivity contribution in [2.75, 3.05) is 5.75 Å². The number of halogens is 1. The third kappa shape index (κ3) is 2.39. The number of aromatic nitrogens is 2. The van der Waals surface area contributed by atoms with Gasteiger partial charge in [-0.1, -0.05) is 0 Å². The maximum atomic E-state index is 13.5. The van der Waals surface area contributed by atoms with Gasteiger partial charge in [-0.3, -0.25) is 4.79 Å².